The Kier molecular flexibility index (Phi) is 7.47. The molecule has 1 atom stereocenters. The highest BCUT2D eigenvalue weighted by atomic mass is 19.1. The van der Waals surface area contributed by atoms with Gasteiger partial charge < -0.3 is 14.5 Å². The Hall–Kier alpha value is -4.60. The van der Waals surface area contributed by atoms with Gasteiger partial charge in [0, 0.05) is 53.9 Å². The number of ether oxygens (including phenoxy) is 1. The second-order valence-corrected chi connectivity index (χ2v) is 11.7. The van der Waals surface area contributed by atoms with Gasteiger partial charge in [-0.3, -0.25) is 14.3 Å². The minimum absolute atomic E-state index is 0.0260. The van der Waals surface area contributed by atoms with Crippen LogP contribution in [0.15, 0.2) is 47.9 Å². The lowest BCUT2D eigenvalue weighted by Crippen LogP contribution is -2.54. The maximum atomic E-state index is 16.5. The number of aromatic nitrogens is 3. The van der Waals surface area contributed by atoms with Crippen molar-refractivity contribution >= 4 is 22.6 Å². The quantitative estimate of drug-likeness (QED) is 0.269. The molecule has 1 amide bonds. The van der Waals surface area contributed by atoms with Gasteiger partial charge in [0.2, 0.25) is 5.91 Å². The highest BCUT2D eigenvalue weighted by molar-refractivity contribution is 5.99. The highest BCUT2D eigenvalue weighted by Gasteiger charge is 2.34. The molecule has 44 heavy (non-hydrogen) atoms. The molecule has 0 spiro atoms. The van der Waals surface area contributed by atoms with Gasteiger partial charge >= 0.3 is 5.69 Å². The smallest absolute Gasteiger partial charge is 0.354 e. The van der Waals surface area contributed by atoms with Crippen LogP contribution in [0.4, 0.5) is 14.6 Å². The van der Waals surface area contributed by atoms with Gasteiger partial charge in [-0.05, 0) is 67.7 Å². The van der Waals surface area contributed by atoms with Gasteiger partial charge in [-0.2, -0.15) is 4.98 Å². The van der Waals surface area contributed by atoms with Crippen molar-refractivity contribution in [2.45, 2.75) is 59.6 Å². The number of rotatable bonds is 5. The van der Waals surface area contributed by atoms with E-state index in [-0.39, 0.29) is 30.0 Å². The number of hydrogen-bond acceptors (Lipinski definition) is 6. The molecule has 0 bridgehead atoms. The van der Waals surface area contributed by atoms with E-state index in [2.05, 4.69) is 16.5 Å². The first-order valence-corrected chi connectivity index (χ1v) is 14.9. The zero-order chi connectivity index (χ0) is 31.4. The summed E-state index contributed by atoms with van der Waals surface area (Å²) in [6.07, 6.45) is 3.32. The number of aryl methyl sites for hydroxylation is 1. The van der Waals surface area contributed by atoms with Crippen molar-refractivity contribution in [1.82, 2.24) is 19.4 Å². The molecule has 0 N–H and O–H groups in total. The fourth-order valence-electron chi connectivity index (χ4n) is 6.63. The van der Waals surface area contributed by atoms with E-state index in [1.807, 2.05) is 45.6 Å². The molecule has 6 rings (SSSR count). The molecule has 2 aromatic heterocycles. The molecular formula is C34H35F2N5O3. The van der Waals surface area contributed by atoms with Crippen LogP contribution < -0.4 is 15.3 Å². The van der Waals surface area contributed by atoms with Crippen LogP contribution in [0.1, 0.15) is 56.0 Å². The Bertz CT molecular complexity index is 1900. The number of halogens is 2. The van der Waals surface area contributed by atoms with Gasteiger partial charge in [-0.25, -0.2) is 13.6 Å². The van der Waals surface area contributed by atoms with Gasteiger partial charge in [0.25, 0.3) is 0 Å². The molecule has 2 aromatic carbocycles. The molecule has 228 valence electrons. The number of carbonyl (C=O) groups excluding carboxylic acids is 1. The van der Waals surface area contributed by atoms with Gasteiger partial charge in [0.15, 0.2) is 0 Å². The lowest BCUT2D eigenvalue weighted by Gasteiger charge is -2.40. The number of anilines is 1. The van der Waals surface area contributed by atoms with Crippen molar-refractivity contribution in [1.29, 1.82) is 0 Å². The van der Waals surface area contributed by atoms with Crippen molar-refractivity contribution < 1.29 is 18.3 Å². The second-order valence-electron chi connectivity index (χ2n) is 11.7. The summed E-state index contributed by atoms with van der Waals surface area (Å²) in [5.74, 6) is -0.473. The van der Waals surface area contributed by atoms with Gasteiger partial charge in [0.1, 0.15) is 29.8 Å². The number of fused-ring (bicyclic) bond motifs is 5. The molecule has 4 heterocycles. The minimum atomic E-state index is -0.550. The van der Waals surface area contributed by atoms with Crippen molar-refractivity contribution in [3.63, 3.8) is 0 Å². The number of amides is 1. The van der Waals surface area contributed by atoms with Crippen LogP contribution in [-0.4, -0.2) is 51.0 Å². The maximum absolute atomic E-state index is 16.5. The zero-order valence-electron chi connectivity index (χ0n) is 25.6. The molecule has 10 heteroatoms. The summed E-state index contributed by atoms with van der Waals surface area (Å²) in [4.78, 5) is 39.5. The van der Waals surface area contributed by atoms with Crippen molar-refractivity contribution in [2.75, 3.05) is 24.5 Å². The molecule has 0 saturated carbocycles. The normalized spacial score (nSPS) is 16.1. The summed E-state index contributed by atoms with van der Waals surface area (Å²) in [6.45, 7) is 14.4. The van der Waals surface area contributed by atoms with E-state index in [0.717, 1.165) is 5.56 Å². The minimum Gasteiger partial charge on any atom is -0.488 e. The van der Waals surface area contributed by atoms with E-state index >= 15 is 8.78 Å². The van der Waals surface area contributed by atoms with E-state index < -0.39 is 17.3 Å². The zero-order valence-corrected chi connectivity index (χ0v) is 25.6. The number of pyridine rings is 1. The first-order valence-electron chi connectivity index (χ1n) is 14.9. The number of carbonyl (C=O) groups is 1. The Morgan fingerprint density at radius 2 is 1.95 bits per heavy atom. The van der Waals surface area contributed by atoms with Crippen LogP contribution in [0.2, 0.25) is 0 Å². The lowest BCUT2D eigenvalue weighted by molar-refractivity contribution is -0.126. The summed E-state index contributed by atoms with van der Waals surface area (Å²) < 4.78 is 39.3. The second kappa shape index (κ2) is 11.2. The summed E-state index contributed by atoms with van der Waals surface area (Å²) in [6, 6.07) is 5.88. The highest BCUT2D eigenvalue weighted by Crippen LogP contribution is 2.46. The Balaban J connectivity index is 1.72. The summed E-state index contributed by atoms with van der Waals surface area (Å²) in [5, 5.41) is 0.427. The van der Waals surface area contributed by atoms with Gasteiger partial charge in [-0.1, -0.05) is 27.4 Å². The van der Waals surface area contributed by atoms with Crippen LogP contribution in [0.3, 0.4) is 0 Å². The maximum Gasteiger partial charge on any atom is 0.354 e. The topological polar surface area (TPSA) is 80.6 Å². The van der Waals surface area contributed by atoms with E-state index in [1.165, 1.54) is 28.8 Å². The first-order chi connectivity index (χ1) is 21.1. The standard InChI is InChI=1S/C34H35F2N5O3/c1-7-21-24(35)9-10-26-29(21)28-23(17-44-26)32-22(15-25(28)36)33(40-14-13-39(16-20(40)6)27(42)8-2)38-34(43)41(32)31-19(5)11-12-37-30(31)18(3)4/h8-12,15,18,20H,2,7,13-14,16-17H2,1,3-6H3/t20-/m0/s1. The summed E-state index contributed by atoms with van der Waals surface area (Å²) in [5.41, 5.74) is 3.37. The van der Waals surface area contributed by atoms with Crippen LogP contribution >= 0.6 is 0 Å². The first kappa shape index (κ1) is 29.5. The van der Waals surface area contributed by atoms with E-state index in [1.54, 1.807) is 11.1 Å². The fourth-order valence-corrected chi connectivity index (χ4v) is 6.63. The van der Waals surface area contributed by atoms with Crippen molar-refractivity contribution in [3.8, 4) is 22.6 Å². The van der Waals surface area contributed by atoms with E-state index in [9.17, 15) is 9.59 Å². The Labute approximate surface area is 254 Å². The molecule has 0 unspecified atom stereocenters. The molecular weight excluding hydrogens is 564 g/mol. The Morgan fingerprint density at radius 1 is 1.18 bits per heavy atom. The third-order valence-electron chi connectivity index (χ3n) is 8.71. The summed E-state index contributed by atoms with van der Waals surface area (Å²) in [7, 11) is 0. The largest absolute Gasteiger partial charge is 0.488 e. The van der Waals surface area contributed by atoms with E-state index in [4.69, 9.17) is 4.74 Å². The number of piperazine rings is 1. The number of benzene rings is 2. The third kappa shape index (κ3) is 4.55. The van der Waals surface area contributed by atoms with Crippen LogP contribution in [0.5, 0.6) is 5.75 Å². The predicted octanol–water partition coefficient (Wildman–Crippen LogP) is 5.84. The Morgan fingerprint density at radius 3 is 2.64 bits per heavy atom. The number of hydrogen-bond donors (Lipinski definition) is 0. The van der Waals surface area contributed by atoms with Crippen molar-refractivity contribution in [3.05, 3.63) is 87.6 Å². The molecule has 1 saturated heterocycles. The molecule has 0 radical (unpaired) electrons. The molecule has 0 aliphatic carbocycles. The average Bonchev–Trinajstić information content (AvgIpc) is 3.00. The molecule has 1 fully saturated rings. The molecule has 2 aliphatic heterocycles. The SMILES string of the molecule is C=CC(=O)N1CCN(c2nc(=O)n(-c3c(C)ccnc3C(C)C)c3c4c(c(F)cc23)-c2c(ccc(F)c2CC)OC4)[C@@H](C)C1. The average molecular weight is 600 g/mol. The van der Waals surface area contributed by atoms with Crippen molar-refractivity contribution in [2.24, 2.45) is 0 Å². The fraction of sp³-hybridized carbons (Fsp3) is 0.353. The predicted molar refractivity (Wildman–Crippen MR) is 167 cm³/mol. The van der Waals surface area contributed by atoms with Crippen LogP contribution in [0, 0.1) is 18.6 Å². The molecule has 8 nitrogen and oxygen atoms in total. The van der Waals surface area contributed by atoms with E-state index in [0.29, 0.717) is 76.6 Å². The van der Waals surface area contributed by atoms with Gasteiger partial charge in [-0.15, -0.1) is 0 Å². The monoisotopic (exact) mass is 599 g/mol. The van der Waals surface area contributed by atoms with Crippen LogP contribution in [-0.2, 0) is 17.8 Å². The van der Waals surface area contributed by atoms with Crippen LogP contribution in [0.25, 0.3) is 27.7 Å². The summed E-state index contributed by atoms with van der Waals surface area (Å²) >= 11 is 0. The van der Waals surface area contributed by atoms with Gasteiger partial charge in [0.05, 0.1) is 16.9 Å². The number of nitrogens with zero attached hydrogens (tertiary/aromatic N) is 5. The molecule has 2 aliphatic rings. The third-order valence-corrected chi connectivity index (χ3v) is 8.71. The molecule has 4 aromatic rings. The lowest BCUT2D eigenvalue weighted by atomic mass is 9.89.